The van der Waals surface area contributed by atoms with Gasteiger partial charge in [-0.1, -0.05) is 6.07 Å². The number of nitrogens with one attached hydrogen (secondary N) is 1. The van der Waals surface area contributed by atoms with E-state index in [0.29, 0.717) is 5.69 Å². The summed E-state index contributed by atoms with van der Waals surface area (Å²) >= 11 is 0. The van der Waals surface area contributed by atoms with Crippen LogP contribution in [-0.2, 0) is 0 Å². The molecule has 84 valence electrons. The normalized spacial score (nSPS) is 10.4. The summed E-state index contributed by atoms with van der Waals surface area (Å²) in [5, 5.41) is 3.76. The molecule has 0 spiro atoms. The van der Waals surface area contributed by atoms with Crippen LogP contribution in [0.2, 0.25) is 0 Å². The molecule has 0 aliphatic carbocycles. The van der Waals surface area contributed by atoms with E-state index in [-0.39, 0.29) is 5.69 Å². The first-order chi connectivity index (χ1) is 8.36. The first kappa shape index (κ1) is 10.9. The maximum absolute atomic E-state index is 11.5. The fourth-order valence-electron chi connectivity index (χ4n) is 1.08. The number of carbonyl (C=O) groups is 1. The number of hydrogen-bond donors (Lipinski definition) is 1. The molecule has 0 aliphatic rings. The number of pyridine rings is 1. The molecule has 0 unspecified atom stereocenters. The summed E-state index contributed by atoms with van der Waals surface area (Å²) in [6, 6.07) is 5.41. The van der Waals surface area contributed by atoms with Crippen LogP contribution in [0.15, 0.2) is 48.1 Å². The Kier molecular flexibility index (Phi) is 3.49. The summed E-state index contributed by atoms with van der Waals surface area (Å²) < 4.78 is 0. The molecule has 2 heterocycles. The minimum Gasteiger partial charge on any atom is -0.265 e. The van der Waals surface area contributed by atoms with Gasteiger partial charge in [0.15, 0.2) is 0 Å². The zero-order valence-corrected chi connectivity index (χ0v) is 8.82. The van der Waals surface area contributed by atoms with Crippen molar-refractivity contribution in [1.82, 2.24) is 20.4 Å². The zero-order valence-electron chi connectivity index (χ0n) is 8.82. The fourth-order valence-corrected chi connectivity index (χ4v) is 1.08. The summed E-state index contributed by atoms with van der Waals surface area (Å²) in [4.78, 5) is 23.1. The van der Waals surface area contributed by atoms with E-state index in [1.165, 1.54) is 24.8 Å². The molecule has 0 bridgehead atoms. The van der Waals surface area contributed by atoms with E-state index in [1.54, 1.807) is 18.3 Å². The molecule has 2 aromatic rings. The molecular weight excluding hydrogens is 218 g/mol. The molecule has 0 fully saturated rings. The van der Waals surface area contributed by atoms with Crippen molar-refractivity contribution < 1.29 is 4.79 Å². The molecule has 6 heteroatoms. The molecule has 0 radical (unpaired) electrons. The minimum atomic E-state index is -0.412. The lowest BCUT2D eigenvalue weighted by Crippen LogP contribution is -2.19. The van der Waals surface area contributed by atoms with Crippen LogP contribution in [0.1, 0.15) is 16.2 Å². The summed E-state index contributed by atoms with van der Waals surface area (Å²) in [6.07, 6.45) is 7.40. The highest BCUT2D eigenvalue weighted by Crippen LogP contribution is 1.90. The van der Waals surface area contributed by atoms with Crippen molar-refractivity contribution in [2.24, 2.45) is 5.10 Å². The van der Waals surface area contributed by atoms with Gasteiger partial charge >= 0.3 is 0 Å². The Balaban J connectivity index is 1.95. The minimum absolute atomic E-state index is 0.214. The number of aromatic nitrogens is 3. The highest BCUT2D eigenvalue weighted by molar-refractivity contribution is 5.92. The highest BCUT2D eigenvalue weighted by Gasteiger charge is 2.03. The Hall–Kier alpha value is -2.63. The van der Waals surface area contributed by atoms with Crippen LogP contribution >= 0.6 is 0 Å². The Morgan fingerprint density at radius 2 is 2.18 bits per heavy atom. The van der Waals surface area contributed by atoms with Crippen molar-refractivity contribution in [1.29, 1.82) is 0 Å². The van der Waals surface area contributed by atoms with Crippen LogP contribution in [0.4, 0.5) is 0 Å². The molecule has 0 aromatic carbocycles. The van der Waals surface area contributed by atoms with Crippen LogP contribution < -0.4 is 5.43 Å². The molecule has 1 N–H and O–H groups in total. The van der Waals surface area contributed by atoms with Gasteiger partial charge in [-0.3, -0.25) is 14.8 Å². The monoisotopic (exact) mass is 227 g/mol. The quantitative estimate of drug-likeness (QED) is 0.616. The second-order valence-electron chi connectivity index (χ2n) is 3.04. The average molecular weight is 227 g/mol. The molecule has 1 amide bonds. The van der Waals surface area contributed by atoms with Gasteiger partial charge < -0.3 is 0 Å². The van der Waals surface area contributed by atoms with Gasteiger partial charge in [-0.25, -0.2) is 10.4 Å². The van der Waals surface area contributed by atoms with Crippen molar-refractivity contribution in [3.63, 3.8) is 0 Å². The molecule has 0 saturated carbocycles. The maximum Gasteiger partial charge on any atom is 0.291 e. The Bertz CT molecular complexity index is 512. The summed E-state index contributed by atoms with van der Waals surface area (Å²) in [5.74, 6) is -0.412. The predicted octanol–water partition coefficient (Wildman–Crippen LogP) is 0.635. The number of carbonyl (C=O) groups excluding carboxylic acids is 1. The summed E-state index contributed by atoms with van der Waals surface area (Å²) in [6.45, 7) is 0. The second kappa shape index (κ2) is 5.45. The molecule has 0 aliphatic heterocycles. The molecule has 0 atom stereocenters. The lowest BCUT2D eigenvalue weighted by Gasteiger charge is -1.96. The Morgan fingerprint density at radius 1 is 1.24 bits per heavy atom. The maximum atomic E-state index is 11.5. The fraction of sp³-hybridized carbons (Fsp3) is 0. The van der Waals surface area contributed by atoms with Crippen molar-refractivity contribution in [3.8, 4) is 0 Å². The smallest absolute Gasteiger partial charge is 0.265 e. The Morgan fingerprint density at radius 3 is 2.88 bits per heavy atom. The third-order valence-electron chi connectivity index (χ3n) is 1.85. The second-order valence-corrected chi connectivity index (χ2v) is 3.04. The van der Waals surface area contributed by atoms with Crippen molar-refractivity contribution in [2.75, 3.05) is 0 Å². The van der Waals surface area contributed by atoms with Crippen LogP contribution in [0, 0.1) is 0 Å². The van der Waals surface area contributed by atoms with E-state index in [4.69, 9.17) is 0 Å². The van der Waals surface area contributed by atoms with Gasteiger partial charge in [-0.05, 0) is 12.1 Å². The van der Waals surface area contributed by atoms with E-state index >= 15 is 0 Å². The molecule has 0 saturated heterocycles. The molecular formula is C11H9N5O. The largest absolute Gasteiger partial charge is 0.291 e. The van der Waals surface area contributed by atoms with Crippen molar-refractivity contribution >= 4 is 12.1 Å². The average Bonchev–Trinajstić information content (AvgIpc) is 2.41. The number of hydrazone groups is 1. The van der Waals surface area contributed by atoms with Gasteiger partial charge in [-0.2, -0.15) is 5.10 Å². The van der Waals surface area contributed by atoms with Crippen LogP contribution in [0.25, 0.3) is 0 Å². The van der Waals surface area contributed by atoms with E-state index in [1.807, 2.05) is 6.07 Å². The van der Waals surface area contributed by atoms with E-state index in [9.17, 15) is 4.79 Å². The van der Waals surface area contributed by atoms with Crippen LogP contribution in [0.3, 0.4) is 0 Å². The van der Waals surface area contributed by atoms with E-state index in [0.717, 1.165) is 0 Å². The highest BCUT2D eigenvalue weighted by atomic mass is 16.2. The third kappa shape index (κ3) is 3.16. The van der Waals surface area contributed by atoms with Gasteiger partial charge in [0.2, 0.25) is 0 Å². The van der Waals surface area contributed by atoms with E-state index < -0.39 is 5.91 Å². The zero-order chi connectivity index (χ0) is 11.9. The SMILES string of the molecule is O=C(NN=Cc1ccccn1)c1cnccn1. The molecule has 2 rings (SSSR count). The van der Waals surface area contributed by atoms with Crippen molar-refractivity contribution in [3.05, 3.63) is 54.4 Å². The van der Waals surface area contributed by atoms with Crippen LogP contribution in [0.5, 0.6) is 0 Å². The van der Waals surface area contributed by atoms with Gasteiger partial charge in [0.05, 0.1) is 18.1 Å². The summed E-state index contributed by atoms with van der Waals surface area (Å²) in [7, 11) is 0. The molecule has 2 aromatic heterocycles. The van der Waals surface area contributed by atoms with E-state index in [2.05, 4.69) is 25.5 Å². The van der Waals surface area contributed by atoms with Crippen molar-refractivity contribution in [2.45, 2.75) is 0 Å². The van der Waals surface area contributed by atoms with Gasteiger partial charge in [0.25, 0.3) is 5.91 Å². The number of nitrogens with zero attached hydrogens (tertiary/aromatic N) is 4. The lowest BCUT2D eigenvalue weighted by atomic mass is 10.4. The molecule has 6 nitrogen and oxygen atoms in total. The Labute approximate surface area is 97.5 Å². The first-order valence-corrected chi connectivity index (χ1v) is 4.87. The number of hydrogen-bond acceptors (Lipinski definition) is 5. The number of amides is 1. The van der Waals surface area contributed by atoms with Crippen LogP contribution in [-0.4, -0.2) is 27.1 Å². The first-order valence-electron chi connectivity index (χ1n) is 4.87. The standard InChI is InChI=1S/C11H9N5O/c17-11(10-8-12-5-6-14-10)16-15-7-9-3-1-2-4-13-9/h1-8H,(H,16,17). The summed E-state index contributed by atoms with van der Waals surface area (Å²) in [5.41, 5.74) is 3.21. The van der Waals surface area contributed by atoms with Gasteiger partial charge in [0.1, 0.15) is 5.69 Å². The molecule has 17 heavy (non-hydrogen) atoms. The van der Waals surface area contributed by atoms with Gasteiger partial charge in [-0.15, -0.1) is 0 Å². The topological polar surface area (TPSA) is 80.1 Å². The third-order valence-corrected chi connectivity index (χ3v) is 1.85. The lowest BCUT2D eigenvalue weighted by molar-refractivity contribution is 0.0950. The van der Waals surface area contributed by atoms with Gasteiger partial charge in [0, 0.05) is 18.6 Å². The number of rotatable bonds is 3. The predicted molar refractivity (Wildman–Crippen MR) is 61.3 cm³/mol.